The van der Waals surface area contributed by atoms with Crippen LogP contribution < -0.4 is 5.32 Å². The molecule has 0 fully saturated rings. The fourth-order valence-corrected chi connectivity index (χ4v) is 4.54. The Bertz CT molecular complexity index is 1710. The summed E-state index contributed by atoms with van der Waals surface area (Å²) in [6.07, 6.45) is 0. The molecule has 168 valence electrons. The van der Waals surface area contributed by atoms with Crippen LogP contribution in [0.2, 0.25) is 0 Å². The van der Waals surface area contributed by atoms with Crippen molar-refractivity contribution in [2.24, 2.45) is 0 Å². The van der Waals surface area contributed by atoms with Crippen LogP contribution in [0.3, 0.4) is 0 Å². The smallest absolute Gasteiger partial charge is 0.254 e. The number of anilines is 1. The summed E-state index contributed by atoms with van der Waals surface area (Å²) in [6, 6.07) is 34.7. The monoisotopic (exact) mass is 454 g/mol. The van der Waals surface area contributed by atoms with Crippen LogP contribution in [-0.4, -0.2) is 19.2 Å². The highest BCUT2D eigenvalue weighted by atomic mass is 15.3. The average Bonchev–Trinajstić information content (AvgIpc) is 3.48. The van der Waals surface area contributed by atoms with Gasteiger partial charge in [-0.05, 0) is 42.8 Å². The Kier molecular flexibility index (Phi) is 5.01. The number of nitrogens with one attached hydrogen (secondary N) is 1. The van der Waals surface area contributed by atoms with E-state index in [9.17, 15) is 5.26 Å². The number of nitrogens with zero attached hydrogens (tertiary/aromatic N) is 5. The van der Waals surface area contributed by atoms with E-state index < -0.39 is 0 Å². The van der Waals surface area contributed by atoms with Gasteiger partial charge in [0.05, 0.1) is 22.8 Å². The standard InChI is InChI=1S/C29H22N6/c1-20-17-24-23(18-30)13-8-14-26(24)34(20)29-32-28(31-19-21-9-4-2-5-10-21)27-16-15-25(35(27)33-29)22-11-6-3-7-12-22/h2-17H,19H2,1H3,(H,31,32,33). The van der Waals surface area contributed by atoms with Gasteiger partial charge in [0, 0.05) is 23.2 Å². The maximum Gasteiger partial charge on any atom is 0.254 e. The van der Waals surface area contributed by atoms with Gasteiger partial charge in [-0.15, -0.1) is 5.10 Å². The second-order valence-electron chi connectivity index (χ2n) is 8.45. The fraction of sp³-hybridized carbons (Fsp3) is 0.0690. The molecule has 1 N–H and O–H groups in total. The minimum absolute atomic E-state index is 0.545. The molecule has 6 rings (SSSR count). The molecular formula is C29H22N6. The van der Waals surface area contributed by atoms with Crippen LogP contribution in [0.1, 0.15) is 16.8 Å². The second-order valence-corrected chi connectivity index (χ2v) is 8.45. The van der Waals surface area contributed by atoms with Crippen molar-refractivity contribution < 1.29 is 0 Å². The quantitative estimate of drug-likeness (QED) is 0.340. The lowest BCUT2D eigenvalue weighted by atomic mass is 10.1. The molecule has 3 heterocycles. The highest BCUT2D eigenvalue weighted by Gasteiger charge is 2.17. The zero-order valence-electron chi connectivity index (χ0n) is 19.2. The Morgan fingerprint density at radius 2 is 1.63 bits per heavy atom. The van der Waals surface area contributed by atoms with E-state index in [0.717, 1.165) is 39.2 Å². The van der Waals surface area contributed by atoms with Crippen LogP contribution in [-0.2, 0) is 6.54 Å². The highest BCUT2D eigenvalue weighted by Crippen LogP contribution is 2.29. The van der Waals surface area contributed by atoms with Gasteiger partial charge in [-0.1, -0.05) is 66.7 Å². The molecule has 0 atom stereocenters. The van der Waals surface area contributed by atoms with Gasteiger partial charge in [-0.25, -0.2) is 4.52 Å². The summed E-state index contributed by atoms with van der Waals surface area (Å²) in [4.78, 5) is 4.97. The number of nitriles is 1. The Hall–Kier alpha value is -4.89. The van der Waals surface area contributed by atoms with Crippen molar-refractivity contribution >= 4 is 22.2 Å². The van der Waals surface area contributed by atoms with Gasteiger partial charge in [-0.3, -0.25) is 4.57 Å². The maximum absolute atomic E-state index is 9.60. The molecule has 0 aliphatic heterocycles. The molecule has 0 aliphatic rings. The second kappa shape index (κ2) is 8.47. The van der Waals surface area contributed by atoms with Gasteiger partial charge in [-0.2, -0.15) is 10.2 Å². The van der Waals surface area contributed by atoms with Crippen molar-refractivity contribution in [1.82, 2.24) is 19.2 Å². The van der Waals surface area contributed by atoms with Crippen LogP contribution in [0, 0.1) is 18.3 Å². The first kappa shape index (κ1) is 20.7. The van der Waals surface area contributed by atoms with Crippen LogP contribution >= 0.6 is 0 Å². The first-order valence-electron chi connectivity index (χ1n) is 11.5. The summed E-state index contributed by atoms with van der Waals surface area (Å²) in [5.41, 5.74) is 6.63. The molecular weight excluding hydrogens is 432 g/mol. The number of fused-ring (bicyclic) bond motifs is 2. The Morgan fingerprint density at radius 3 is 2.40 bits per heavy atom. The number of aromatic nitrogens is 4. The predicted octanol–water partition coefficient (Wildman–Crippen LogP) is 6.13. The molecule has 0 saturated carbocycles. The van der Waals surface area contributed by atoms with Crippen molar-refractivity contribution in [1.29, 1.82) is 5.26 Å². The van der Waals surface area contributed by atoms with E-state index >= 15 is 0 Å². The molecule has 6 heteroatoms. The van der Waals surface area contributed by atoms with Gasteiger partial charge in [0.25, 0.3) is 5.95 Å². The average molecular weight is 455 g/mol. The van der Waals surface area contributed by atoms with Crippen molar-refractivity contribution in [3.8, 4) is 23.3 Å². The van der Waals surface area contributed by atoms with Crippen molar-refractivity contribution in [2.45, 2.75) is 13.5 Å². The summed E-state index contributed by atoms with van der Waals surface area (Å²) in [5.74, 6) is 1.29. The van der Waals surface area contributed by atoms with Crippen LogP contribution in [0.25, 0.3) is 33.6 Å². The lowest BCUT2D eigenvalue weighted by Crippen LogP contribution is -2.11. The zero-order chi connectivity index (χ0) is 23.8. The lowest BCUT2D eigenvalue weighted by molar-refractivity contribution is 0.827. The normalized spacial score (nSPS) is 11.1. The number of hydrogen-bond acceptors (Lipinski definition) is 4. The molecule has 35 heavy (non-hydrogen) atoms. The number of rotatable bonds is 5. The molecule has 6 aromatic rings. The van der Waals surface area contributed by atoms with E-state index in [1.165, 1.54) is 5.56 Å². The molecule has 0 amide bonds. The Labute approximate surface area is 202 Å². The van der Waals surface area contributed by atoms with Gasteiger partial charge >= 0.3 is 0 Å². The molecule has 0 saturated heterocycles. The Morgan fingerprint density at radius 1 is 0.857 bits per heavy atom. The number of benzene rings is 3. The first-order chi connectivity index (χ1) is 17.2. The molecule has 6 nitrogen and oxygen atoms in total. The fourth-order valence-electron chi connectivity index (χ4n) is 4.54. The van der Waals surface area contributed by atoms with E-state index in [-0.39, 0.29) is 0 Å². The van der Waals surface area contributed by atoms with E-state index in [2.05, 4.69) is 41.7 Å². The number of hydrogen-bond donors (Lipinski definition) is 1. The van der Waals surface area contributed by atoms with Crippen molar-refractivity contribution in [3.63, 3.8) is 0 Å². The summed E-state index contributed by atoms with van der Waals surface area (Å²) >= 11 is 0. The molecule has 0 spiro atoms. The van der Waals surface area contributed by atoms with Crippen LogP contribution in [0.15, 0.2) is 97.1 Å². The van der Waals surface area contributed by atoms with E-state index in [4.69, 9.17) is 10.1 Å². The van der Waals surface area contributed by atoms with Gasteiger partial charge in [0.15, 0.2) is 5.82 Å². The third kappa shape index (κ3) is 3.60. The summed E-state index contributed by atoms with van der Waals surface area (Å²) < 4.78 is 3.96. The molecule has 0 bridgehead atoms. The molecule has 3 aromatic carbocycles. The Balaban J connectivity index is 1.57. The molecule has 0 aliphatic carbocycles. The van der Waals surface area contributed by atoms with Gasteiger partial charge in [0.2, 0.25) is 0 Å². The predicted molar refractivity (Wildman–Crippen MR) is 138 cm³/mol. The van der Waals surface area contributed by atoms with E-state index in [0.29, 0.717) is 18.1 Å². The van der Waals surface area contributed by atoms with E-state index in [1.54, 1.807) is 0 Å². The van der Waals surface area contributed by atoms with Gasteiger partial charge < -0.3 is 5.32 Å². The summed E-state index contributed by atoms with van der Waals surface area (Å²) in [5, 5.41) is 19.0. The SMILES string of the molecule is Cc1cc2c(C#N)cccc2n1-c1nc(NCc2ccccc2)c2ccc(-c3ccccc3)n2n1. The third-order valence-corrected chi connectivity index (χ3v) is 6.22. The molecule has 0 radical (unpaired) electrons. The first-order valence-corrected chi connectivity index (χ1v) is 11.5. The minimum Gasteiger partial charge on any atom is -0.364 e. The van der Waals surface area contributed by atoms with Gasteiger partial charge in [0.1, 0.15) is 5.52 Å². The molecule has 3 aromatic heterocycles. The van der Waals surface area contributed by atoms with Crippen molar-refractivity contribution in [2.75, 3.05) is 5.32 Å². The number of aryl methyl sites for hydroxylation is 1. The minimum atomic E-state index is 0.545. The third-order valence-electron chi connectivity index (χ3n) is 6.22. The summed E-state index contributed by atoms with van der Waals surface area (Å²) in [7, 11) is 0. The lowest BCUT2D eigenvalue weighted by Gasteiger charge is -2.13. The topological polar surface area (TPSA) is 70.9 Å². The zero-order valence-corrected chi connectivity index (χ0v) is 19.2. The van der Waals surface area contributed by atoms with Crippen LogP contribution in [0.5, 0.6) is 0 Å². The van der Waals surface area contributed by atoms with Crippen LogP contribution in [0.4, 0.5) is 5.82 Å². The molecule has 0 unspecified atom stereocenters. The highest BCUT2D eigenvalue weighted by molar-refractivity contribution is 5.88. The maximum atomic E-state index is 9.60. The summed E-state index contributed by atoms with van der Waals surface area (Å²) in [6.45, 7) is 2.66. The van der Waals surface area contributed by atoms with E-state index in [1.807, 2.05) is 82.7 Å². The largest absolute Gasteiger partial charge is 0.364 e. The van der Waals surface area contributed by atoms with Crippen molar-refractivity contribution in [3.05, 3.63) is 114 Å².